The summed E-state index contributed by atoms with van der Waals surface area (Å²) in [6.45, 7) is 1.29. The zero-order valence-electron chi connectivity index (χ0n) is 13.3. The lowest BCUT2D eigenvalue weighted by Crippen LogP contribution is -2.07. The lowest BCUT2D eigenvalue weighted by molar-refractivity contribution is -0.132. The minimum Gasteiger partial charge on any atom is -0.424 e. The first kappa shape index (κ1) is 18.5. The molecule has 0 bridgehead atoms. The molecule has 5 nitrogen and oxygen atoms in total. The Morgan fingerprint density at radius 3 is 2.50 bits per heavy atom. The molecule has 0 N–H and O–H groups in total. The minimum absolute atomic E-state index is 0.0299. The SMILES string of the molecule is CC(=O)Oc1c(Br)cc(/C=C2\N=C(c3ccccc3F)OC2=O)cc1Br. The van der Waals surface area contributed by atoms with E-state index in [-0.39, 0.29) is 17.2 Å². The highest BCUT2D eigenvalue weighted by molar-refractivity contribution is 9.11. The van der Waals surface area contributed by atoms with Gasteiger partial charge in [-0.05, 0) is 67.8 Å². The van der Waals surface area contributed by atoms with Gasteiger partial charge in [-0.3, -0.25) is 4.79 Å². The number of hydrogen-bond donors (Lipinski definition) is 0. The molecule has 0 saturated heterocycles. The van der Waals surface area contributed by atoms with Crippen LogP contribution in [0, 0.1) is 5.82 Å². The molecule has 1 aliphatic rings. The van der Waals surface area contributed by atoms with E-state index in [1.807, 2.05) is 0 Å². The van der Waals surface area contributed by atoms with Crippen LogP contribution in [-0.2, 0) is 14.3 Å². The van der Waals surface area contributed by atoms with Crippen molar-refractivity contribution in [2.45, 2.75) is 6.92 Å². The van der Waals surface area contributed by atoms with Crippen LogP contribution < -0.4 is 4.74 Å². The van der Waals surface area contributed by atoms with Crippen molar-refractivity contribution in [2.75, 3.05) is 0 Å². The molecular weight excluding hydrogens is 473 g/mol. The molecule has 1 heterocycles. The van der Waals surface area contributed by atoms with Gasteiger partial charge < -0.3 is 9.47 Å². The average molecular weight is 483 g/mol. The van der Waals surface area contributed by atoms with E-state index in [0.717, 1.165) is 0 Å². The highest BCUT2D eigenvalue weighted by Gasteiger charge is 2.26. The van der Waals surface area contributed by atoms with Crippen LogP contribution in [-0.4, -0.2) is 17.8 Å². The molecule has 0 saturated carbocycles. The molecule has 8 heteroatoms. The first-order chi connectivity index (χ1) is 12.3. The highest BCUT2D eigenvalue weighted by atomic mass is 79.9. The van der Waals surface area contributed by atoms with E-state index < -0.39 is 17.8 Å². The zero-order valence-corrected chi connectivity index (χ0v) is 16.4. The zero-order chi connectivity index (χ0) is 18.8. The number of ether oxygens (including phenoxy) is 2. The van der Waals surface area contributed by atoms with Crippen molar-refractivity contribution in [1.82, 2.24) is 0 Å². The first-order valence-electron chi connectivity index (χ1n) is 7.30. The molecular formula is C18H10Br2FNO4. The maximum Gasteiger partial charge on any atom is 0.363 e. The standard InChI is InChI=1S/C18H10Br2FNO4/c1-9(23)25-16-12(19)6-10(7-13(16)20)8-15-18(24)26-17(22-15)11-4-2-3-5-14(11)21/h2-8H,1H3/b15-8-. The van der Waals surface area contributed by atoms with Crippen molar-refractivity contribution in [2.24, 2.45) is 4.99 Å². The Hall–Kier alpha value is -2.32. The van der Waals surface area contributed by atoms with Crippen molar-refractivity contribution in [3.63, 3.8) is 0 Å². The van der Waals surface area contributed by atoms with E-state index in [4.69, 9.17) is 9.47 Å². The van der Waals surface area contributed by atoms with Gasteiger partial charge in [0.15, 0.2) is 11.4 Å². The van der Waals surface area contributed by atoms with E-state index in [1.165, 1.54) is 31.2 Å². The number of aliphatic imine (C=N–C) groups is 1. The topological polar surface area (TPSA) is 65.0 Å². The van der Waals surface area contributed by atoms with Crippen molar-refractivity contribution < 1.29 is 23.5 Å². The van der Waals surface area contributed by atoms with Crippen molar-refractivity contribution in [3.8, 4) is 5.75 Å². The van der Waals surface area contributed by atoms with Gasteiger partial charge in [-0.1, -0.05) is 12.1 Å². The van der Waals surface area contributed by atoms with Gasteiger partial charge >= 0.3 is 11.9 Å². The van der Waals surface area contributed by atoms with Crippen LogP contribution in [0.2, 0.25) is 0 Å². The summed E-state index contributed by atoms with van der Waals surface area (Å²) in [7, 11) is 0. The predicted molar refractivity (Wildman–Crippen MR) is 100 cm³/mol. The van der Waals surface area contributed by atoms with Crippen LogP contribution in [0.1, 0.15) is 18.1 Å². The van der Waals surface area contributed by atoms with Crippen molar-refractivity contribution >= 4 is 55.8 Å². The highest BCUT2D eigenvalue weighted by Crippen LogP contribution is 2.36. The second-order valence-electron chi connectivity index (χ2n) is 5.22. The third kappa shape index (κ3) is 3.91. The third-order valence-corrected chi connectivity index (χ3v) is 4.47. The van der Waals surface area contributed by atoms with Crippen molar-refractivity contribution in [1.29, 1.82) is 0 Å². The fourth-order valence-corrected chi connectivity index (χ4v) is 3.60. The van der Waals surface area contributed by atoms with Crippen LogP contribution in [0.3, 0.4) is 0 Å². The van der Waals surface area contributed by atoms with Gasteiger partial charge in [0.1, 0.15) is 5.82 Å². The number of cyclic esters (lactones) is 1. The maximum absolute atomic E-state index is 13.8. The van der Waals surface area contributed by atoms with Crippen LogP contribution in [0.15, 0.2) is 56.0 Å². The van der Waals surface area contributed by atoms with Gasteiger partial charge in [0.05, 0.1) is 14.5 Å². The van der Waals surface area contributed by atoms with Crippen LogP contribution in [0.4, 0.5) is 4.39 Å². The molecule has 132 valence electrons. The minimum atomic E-state index is -0.681. The molecule has 0 atom stereocenters. The smallest absolute Gasteiger partial charge is 0.363 e. The quantitative estimate of drug-likeness (QED) is 0.363. The van der Waals surface area contributed by atoms with Gasteiger partial charge in [0.2, 0.25) is 5.90 Å². The second kappa shape index (κ2) is 7.51. The van der Waals surface area contributed by atoms with Gasteiger partial charge in [-0.2, -0.15) is 0 Å². The molecule has 3 rings (SSSR count). The summed E-state index contributed by atoms with van der Waals surface area (Å²) in [4.78, 5) is 27.2. The van der Waals surface area contributed by atoms with Gasteiger partial charge in [0, 0.05) is 6.92 Å². The number of nitrogens with zero attached hydrogens (tertiary/aromatic N) is 1. The molecule has 0 radical (unpaired) electrons. The second-order valence-corrected chi connectivity index (χ2v) is 6.93. The number of hydrogen-bond acceptors (Lipinski definition) is 5. The summed E-state index contributed by atoms with van der Waals surface area (Å²) in [6, 6.07) is 9.20. The summed E-state index contributed by atoms with van der Waals surface area (Å²) < 4.78 is 25.0. The van der Waals surface area contributed by atoms with Crippen LogP contribution in [0.25, 0.3) is 6.08 Å². The van der Waals surface area contributed by atoms with E-state index in [0.29, 0.717) is 20.3 Å². The van der Waals surface area contributed by atoms with Crippen LogP contribution in [0.5, 0.6) is 5.75 Å². The Labute approximate surface area is 164 Å². The van der Waals surface area contributed by atoms with Gasteiger partial charge in [0.25, 0.3) is 0 Å². The summed E-state index contributed by atoms with van der Waals surface area (Å²) >= 11 is 6.62. The first-order valence-corrected chi connectivity index (χ1v) is 8.88. The van der Waals surface area contributed by atoms with Crippen molar-refractivity contribution in [3.05, 3.63) is 68.0 Å². The molecule has 26 heavy (non-hydrogen) atoms. The molecule has 0 aromatic heterocycles. The Kier molecular flexibility index (Phi) is 5.33. The molecule has 0 spiro atoms. The maximum atomic E-state index is 13.8. The number of carbonyl (C=O) groups excluding carboxylic acids is 2. The molecule has 1 aliphatic heterocycles. The number of rotatable bonds is 3. The normalized spacial score (nSPS) is 15.0. The van der Waals surface area contributed by atoms with E-state index >= 15 is 0 Å². The molecule has 0 aliphatic carbocycles. The Bertz CT molecular complexity index is 962. The summed E-state index contributed by atoms with van der Waals surface area (Å²) in [5, 5.41) is 0. The van der Waals surface area contributed by atoms with E-state index in [9.17, 15) is 14.0 Å². The lowest BCUT2D eigenvalue weighted by atomic mass is 10.2. The van der Waals surface area contributed by atoms with Crippen LogP contribution >= 0.6 is 31.9 Å². The van der Waals surface area contributed by atoms with E-state index in [2.05, 4.69) is 36.9 Å². The molecule has 2 aromatic rings. The fraction of sp³-hybridized carbons (Fsp3) is 0.0556. The molecule has 0 amide bonds. The number of halogens is 3. The molecule has 0 fully saturated rings. The summed E-state index contributed by atoms with van der Waals surface area (Å²) in [5.74, 6) is -1.44. The third-order valence-electron chi connectivity index (χ3n) is 3.29. The van der Waals surface area contributed by atoms with Gasteiger partial charge in [-0.15, -0.1) is 0 Å². The largest absolute Gasteiger partial charge is 0.424 e. The molecule has 2 aromatic carbocycles. The van der Waals surface area contributed by atoms with E-state index in [1.54, 1.807) is 18.2 Å². The Morgan fingerprint density at radius 1 is 1.23 bits per heavy atom. The Morgan fingerprint density at radius 2 is 1.88 bits per heavy atom. The lowest BCUT2D eigenvalue weighted by Gasteiger charge is -2.08. The number of esters is 2. The monoisotopic (exact) mass is 481 g/mol. The number of carbonyl (C=O) groups is 2. The molecule has 0 unspecified atom stereocenters. The summed E-state index contributed by atoms with van der Waals surface area (Å²) in [5.41, 5.74) is 0.740. The summed E-state index contributed by atoms with van der Waals surface area (Å²) in [6.07, 6.45) is 1.49. The fourth-order valence-electron chi connectivity index (χ4n) is 2.22. The average Bonchev–Trinajstić information content (AvgIpc) is 2.92. The Balaban J connectivity index is 1.96. The van der Waals surface area contributed by atoms with Gasteiger partial charge in [-0.25, -0.2) is 14.2 Å². The predicted octanol–water partition coefficient (Wildman–Crippen LogP) is 4.62. The number of benzene rings is 2.